The number of amides is 3. The van der Waals surface area contributed by atoms with Crippen LogP contribution in [0.1, 0.15) is 57.4 Å². The molecule has 0 radical (unpaired) electrons. The zero-order chi connectivity index (χ0) is 29.3. The van der Waals surface area contributed by atoms with Crippen molar-refractivity contribution in [3.63, 3.8) is 0 Å². The third kappa shape index (κ3) is 5.17. The number of rotatable bonds is 10. The number of aliphatic hydroxyl groups is 1. The van der Waals surface area contributed by atoms with Crippen LogP contribution < -0.4 is 15.4 Å². The first kappa shape index (κ1) is 28.7. The molecule has 1 aliphatic carbocycles. The number of nitrogens with zero attached hydrogens (tertiary/aromatic N) is 1. The lowest BCUT2D eigenvalue weighted by atomic mass is 9.70. The van der Waals surface area contributed by atoms with E-state index in [1.807, 2.05) is 37.3 Å². The van der Waals surface area contributed by atoms with E-state index in [2.05, 4.69) is 10.6 Å². The van der Waals surface area contributed by atoms with Crippen LogP contribution in [0.3, 0.4) is 0 Å². The molecule has 3 saturated heterocycles. The Hall–Kier alpha value is -3.43. The smallest absolute Gasteiger partial charge is 0.246 e. The first-order chi connectivity index (χ1) is 20.4. The lowest BCUT2D eigenvalue weighted by Crippen LogP contribution is -2.59. The fourth-order valence-corrected chi connectivity index (χ4v) is 7.77. The van der Waals surface area contributed by atoms with Gasteiger partial charge in [-0.05, 0) is 68.9 Å². The highest BCUT2D eigenvalue weighted by atomic mass is 16.5. The van der Waals surface area contributed by atoms with Gasteiger partial charge in [0.05, 0.1) is 37.2 Å². The molecular weight excluding hydrogens is 534 g/mol. The average molecular weight is 576 g/mol. The van der Waals surface area contributed by atoms with Gasteiger partial charge in [0, 0.05) is 11.7 Å². The molecule has 1 saturated carbocycles. The summed E-state index contributed by atoms with van der Waals surface area (Å²) < 4.78 is 12.1. The van der Waals surface area contributed by atoms with Crippen LogP contribution in [0.2, 0.25) is 0 Å². The number of benzene rings is 2. The molecular formula is C33H41N3O6. The molecule has 0 aromatic heterocycles. The summed E-state index contributed by atoms with van der Waals surface area (Å²) in [5.41, 5.74) is 0.456. The Morgan fingerprint density at radius 2 is 1.79 bits per heavy atom. The number of aliphatic hydroxyl groups excluding tert-OH is 1. The number of fused-ring (bicyclic) bond motifs is 1. The Kier molecular flexibility index (Phi) is 8.23. The third-order valence-corrected chi connectivity index (χ3v) is 9.59. The highest BCUT2D eigenvalue weighted by Gasteiger charge is 2.75. The van der Waals surface area contributed by atoms with E-state index in [9.17, 15) is 19.5 Å². The largest absolute Gasteiger partial charge is 0.494 e. The summed E-state index contributed by atoms with van der Waals surface area (Å²) in [6, 6.07) is 15.3. The molecule has 6 rings (SSSR count). The van der Waals surface area contributed by atoms with E-state index in [-0.39, 0.29) is 30.4 Å². The van der Waals surface area contributed by atoms with E-state index in [1.54, 1.807) is 29.2 Å². The monoisotopic (exact) mass is 575 g/mol. The number of nitrogens with one attached hydrogen (secondary N) is 2. The van der Waals surface area contributed by atoms with Crippen LogP contribution in [0.4, 0.5) is 5.69 Å². The number of ether oxygens (including phenoxy) is 2. The van der Waals surface area contributed by atoms with Gasteiger partial charge in [-0.15, -0.1) is 0 Å². The molecule has 4 fully saturated rings. The van der Waals surface area contributed by atoms with Crippen LogP contribution in [0.15, 0.2) is 54.6 Å². The minimum atomic E-state index is -1.11. The maximum absolute atomic E-state index is 14.4. The maximum atomic E-state index is 14.4. The fraction of sp³-hybridized carbons (Fsp3) is 0.545. The van der Waals surface area contributed by atoms with Crippen molar-refractivity contribution < 1.29 is 29.0 Å². The van der Waals surface area contributed by atoms with Crippen LogP contribution in [0.25, 0.3) is 0 Å². The average Bonchev–Trinajstić information content (AvgIpc) is 3.65. The van der Waals surface area contributed by atoms with E-state index in [0.29, 0.717) is 37.3 Å². The van der Waals surface area contributed by atoms with Crippen molar-refractivity contribution in [1.29, 1.82) is 0 Å². The molecule has 3 aliphatic heterocycles. The van der Waals surface area contributed by atoms with Crippen molar-refractivity contribution in [2.45, 2.75) is 88.1 Å². The second kappa shape index (κ2) is 12.1. The number of likely N-dealkylation sites (tertiary alicyclic amines) is 1. The Bertz CT molecular complexity index is 1280. The van der Waals surface area contributed by atoms with E-state index in [0.717, 1.165) is 37.7 Å². The number of hydrogen-bond donors (Lipinski definition) is 3. The molecule has 3 amide bonds. The summed E-state index contributed by atoms with van der Waals surface area (Å²) in [5.74, 6) is -1.64. The van der Waals surface area contributed by atoms with Gasteiger partial charge in [-0.1, -0.05) is 49.6 Å². The lowest BCUT2D eigenvalue weighted by molar-refractivity contribution is -0.145. The highest BCUT2D eigenvalue weighted by Crippen LogP contribution is 2.59. The molecule has 9 heteroatoms. The molecule has 2 aromatic rings. The minimum absolute atomic E-state index is 0.0534. The van der Waals surface area contributed by atoms with Crippen LogP contribution in [-0.2, 0) is 25.5 Å². The first-order valence-corrected chi connectivity index (χ1v) is 15.4. The molecule has 3 N–H and O–H groups in total. The van der Waals surface area contributed by atoms with Gasteiger partial charge in [0.1, 0.15) is 17.4 Å². The van der Waals surface area contributed by atoms with E-state index in [4.69, 9.17) is 9.47 Å². The summed E-state index contributed by atoms with van der Waals surface area (Å²) in [4.78, 5) is 43.9. The Balaban J connectivity index is 1.30. The van der Waals surface area contributed by atoms with Crippen molar-refractivity contribution in [1.82, 2.24) is 10.2 Å². The molecule has 2 bridgehead atoms. The standard InChI is InChI=1S/C33H41N3O6/c1-2-41-25-15-13-23(14-16-25)34-30(38)27-26-17-18-33(42-26)28(27)32(40)36(24(20-37)19-21-9-5-3-6-10-21)29(33)31(39)35-22-11-7-4-8-12-22/h3,5-6,9-10,13-16,22,24,26-29,37H,2,4,7-8,11-12,17-20H2,1H3,(H,34,38)(H,35,39)/t24-,26-,27+,28+,29?,33?/m1/s1. The van der Waals surface area contributed by atoms with E-state index in [1.165, 1.54) is 0 Å². The zero-order valence-corrected chi connectivity index (χ0v) is 24.2. The van der Waals surface area contributed by atoms with Gasteiger partial charge in [-0.25, -0.2) is 0 Å². The van der Waals surface area contributed by atoms with Gasteiger partial charge < -0.3 is 30.1 Å². The third-order valence-electron chi connectivity index (χ3n) is 9.59. The van der Waals surface area contributed by atoms with Crippen LogP contribution in [-0.4, -0.2) is 70.8 Å². The van der Waals surface area contributed by atoms with Gasteiger partial charge in [0.2, 0.25) is 17.7 Å². The summed E-state index contributed by atoms with van der Waals surface area (Å²) in [6.07, 6.45) is 6.16. The van der Waals surface area contributed by atoms with E-state index < -0.39 is 35.6 Å². The topological polar surface area (TPSA) is 117 Å². The van der Waals surface area contributed by atoms with Gasteiger partial charge in [0.25, 0.3) is 0 Å². The van der Waals surface area contributed by atoms with Crippen LogP contribution in [0.5, 0.6) is 5.75 Å². The van der Waals surface area contributed by atoms with Crippen LogP contribution >= 0.6 is 0 Å². The fourth-order valence-electron chi connectivity index (χ4n) is 7.77. The van der Waals surface area contributed by atoms with Gasteiger partial charge in [-0.3, -0.25) is 14.4 Å². The predicted octanol–water partition coefficient (Wildman–Crippen LogP) is 3.45. The number of hydrogen-bond acceptors (Lipinski definition) is 6. The normalized spacial score (nSPS) is 29.3. The molecule has 42 heavy (non-hydrogen) atoms. The van der Waals surface area contributed by atoms with Gasteiger partial charge >= 0.3 is 0 Å². The van der Waals surface area contributed by atoms with E-state index >= 15 is 0 Å². The van der Waals surface area contributed by atoms with Crippen molar-refractivity contribution >= 4 is 23.4 Å². The molecule has 1 spiro atoms. The molecule has 224 valence electrons. The zero-order valence-electron chi connectivity index (χ0n) is 24.2. The lowest BCUT2D eigenvalue weighted by Gasteiger charge is -2.38. The highest BCUT2D eigenvalue weighted by molar-refractivity contribution is 6.02. The molecule has 2 aromatic carbocycles. The minimum Gasteiger partial charge on any atom is -0.494 e. The molecule has 4 aliphatic rings. The quantitative estimate of drug-likeness (QED) is 0.400. The summed E-state index contributed by atoms with van der Waals surface area (Å²) in [6.45, 7) is 2.15. The maximum Gasteiger partial charge on any atom is 0.246 e. The number of carbonyl (C=O) groups excluding carboxylic acids is 3. The van der Waals surface area contributed by atoms with Crippen molar-refractivity contribution in [3.05, 3.63) is 60.2 Å². The first-order valence-electron chi connectivity index (χ1n) is 15.4. The van der Waals surface area contributed by atoms with Crippen molar-refractivity contribution in [2.24, 2.45) is 11.8 Å². The second-order valence-corrected chi connectivity index (χ2v) is 12.1. The summed E-state index contributed by atoms with van der Waals surface area (Å²) >= 11 is 0. The Morgan fingerprint density at radius 3 is 2.48 bits per heavy atom. The second-order valence-electron chi connectivity index (χ2n) is 12.1. The molecule has 6 atom stereocenters. The van der Waals surface area contributed by atoms with Crippen LogP contribution in [0, 0.1) is 11.8 Å². The number of carbonyl (C=O) groups is 3. The molecule has 3 heterocycles. The predicted molar refractivity (Wildman–Crippen MR) is 157 cm³/mol. The van der Waals surface area contributed by atoms with Crippen molar-refractivity contribution in [3.8, 4) is 5.75 Å². The summed E-state index contributed by atoms with van der Waals surface area (Å²) in [5, 5.41) is 16.8. The van der Waals surface area contributed by atoms with Gasteiger partial charge in [0.15, 0.2) is 0 Å². The number of anilines is 1. The summed E-state index contributed by atoms with van der Waals surface area (Å²) in [7, 11) is 0. The van der Waals surface area contributed by atoms with Gasteiger partial charge in [-0.2, -0.15) is 0 Å². The Morgan fingerprint density at radius 1 is 1.05 bits per heavy atom. The molecule has 9 nitrogen and oxygen atoms in total. The van der Waals surface area contributed by atoms with Crippen molar-refractivity contribution in [2.75, 3.05) is 18.5 Å². The Labute approximate surface area is 246 Å². The SMILES string of the molecule is CCOc1ccc(NC(=O)[C@@H]2[C@H]3C(=O)N([C@@H](CO)Cc4ccccc4)C(C(=O)NC4CCCCC4)C34CC[C@H]2O4)cc1. The molecule has 2 unspecified atom stereocenters.